The number of carboxylic acids is 2. The summed E-state index contributed by atoms with van der Waals surface area (Å²) < 4.78 is 77.1. The zero-order valence-electron chi connectivity index (χ0n) is 11.7. The van der Waals surface area contributed by atoms with Crippen LogP contribution < -0.4 is 5.73 Å². The summed E-state index contributed by atoms with van der Waals surface area (Å²) in [5, 5.41) is 17.4. The second-order valence-electron chi connectivity index (χ2n) is 4.94. The highest BCUT2D eigenvalue weighted by atomic mass is 19.4. The summed E-state index contributed by atoms with van der Waals surface area (Å²) in [6.45, 7) is 0. The molecule has 24 heavy (non-hydrogen) atoms. The Morgan fingerprint density at radius 1 is 1.00 bits per heavy atom. The lowest BCUT2D eigenvalue weighted by molar-refractivity contribution is -0.148. The summed E-state index contributed by atoms with van der Waals surface area (Å²) in [4.78, 5) is 21.5. The van der Waals surface area contributed by atoms with Gasteiger partial charge in [0.25, 0.3) is 0 Å². The first kappa shape index (κ1) is 19.6. The fourth-order valence-electron chi connectivity index (χ4n) is 2.04. The van der Waals surface area contributed by atoms with E-state index in [-0.39, 0.29) is 0 Å². The molecule has 134 valence electrons. The number of halogens is 6. The fraction of sp³-hybridized carbons (Fsp3) is 0.385. The van der Waals surface area contributed by atoms with Gasteiger partial charge in [0.1, 0.15) is 0 Å². The maximum atomic E-state index is 12.8. The van der Waals surface area contributed by atoms with E-state index in [4.69, 9.17) is 15.9 Å². The van der Waals surface area contributed by atoms with Gasteiger partial charge in [0, 0.05) is 0 Å². The van der Waals surface area contributed by atoms with E-state index >= 15 is 0 Å². The molecule has 0 fully saturated rings. The van der Waals surface area contributed by atoms with Gasteiger partial charge in [-0.05, 0) is 24.1 Å². The first-order valence-electron chi connectivity index (χ1n) is 6.25. The standard InChI is InChI=1S/C13H11F6NO4/c14-12(15,16)7-2-5(1-6(11(23)24)4-9(21)22)3-8(10(7)20)13(17,18)19/h2-3,6H,1,4,20H2,(H,21,22)(H,23,24)/t6-/m0/s1. The number of carbonyl (C=O) groups is 2. The fourth-order valence-corrected chi connectivity index (χ4v) is 2.04. The highest BCUT2D eigenvalue weighted by molar-refractivity contribution is 5.78. The molecule has 4 N–H and O–H groups in total. The molecule has 1 atom stereocenters. The molecule has 0 saturated heterocycles. The number of rotatable bonds is 5. The van der Waals surface area contributed by atoms with Gasteiger partial charge in [-0.1, -0.05) is 0 Å². The van der Waals surface area contributed by atoms with Crippen molar-refractivity contribution in [2.75, 3.05) is 5.73 Å². The van der Waals surface area contributed by atoms with Crippen LogP contribution in [0.2, 0.25) is 0 Å². The summed E-state index contributed by atoms with van der Waals surface area (Å²) in [7, 11) is 0. The molecule has 0 amide bonds. The molecular weight excluding hydrogens is 348 g/mol. The van der Waals surface area contributed by atoms with Crippen LogP contribution in [0, 0.1) is 5.92 Å². The van der Waals surface area contributed by atoms with Crippen molar-refractivity contribution in [2.24, 2.45) is 5.92 Å². The van der Waals surface area contributed by atoms with Gasteiger partial charge < -0.3 is 15.9 Å². The Kier molecular flexibility index (Phi) is 5.36. The number of hydrogen-bond donors (Lipinski definition) is 3. The van der Waals surface area contributed by atoms with E-state index in [9.17, 15) is 35.9 Å². The summed E-state index contributed by atoms with van der Waals surface area (Å²) in [5.74, 6) is -4.89. The van der Waals surface area contributed by atoms with E-state index in [1.807, 2.05) is 0 Å². The quantitative estimate of drug-likeness (QED) is 0.554. The zero-order valence-corrected chi connectivity index (χ0v) is 11.7. The van der Waals surface area contributed by atoms with Gasteiger partial charge in [-0.25, -0.2) is 0 Å². The third-order valence-corrected chi connectivity index (χ3v) is 3.10. The summed E-state index contributed by atoms with van der Waals surface area (Å²) in [6, 6.07) is 0.588. The van der Waals surface area contributed by atoms with Crippen molar-refractivity contribution >= 4 is 17.6 Å². The first-order valence-corrected chi connectivity index (χ1v) is 6.25. The normalized spacial score (nSPS) is 13.6. The highest BCUT2D eigenvalue weighted by Gasteiger charge is 2.41. The lowest BCUT2D eigenvalue weighted by atomic mass is 9.92. The molecule has 0 radical (unpaired) electrons. The number of nitrogen functional groups attached to an aromatic ring is 1. The van der Waals surface area contributed by atoms with Crippen molar-refractivity contribution < 1.29 is 46.1 Å². The van der Waals surface area contributed by atoms with Crippen LogP contribution in [0.15, 0.2) is 12.1 Å². The summed E-state index contributed by atoms with van der Waals surface area (Å²) >= 11 is 0. The van der Waals surface area contributed by atoms with Crippen molar-refractivity contribution in [1.29, 1.82) is 0 Å². The average Bonchev–Trinajstić information content (AvgIpc) is 2.36. The number of hydrogen-bond acceptors (Lipinski definition) is 3. The summed E-state index contributed by atoms with van der Waals surface area (Å²) in [5.41, 5.74) is -0.721. The van der Waals surface area contributed by atoms with E-state index in [0.29, 0.717) is 12.1 Å². The van der Waals surface area contributed by atoms with E-state index in [0.717, 1.165) is 0 Å². The van der Waals surface area contributed by atoms with Crippen molar-refractivity contribution in [1.82, 2.24) is 0 Å². The molecule has 1 aromatic rings. The Bertz CT molecular complexity index is 618. The predicted molar refractivity (Wildman–Crippen MR) is 67.9 cm³/mol. The van der Waals surface area contributed by atoms with Crippen LogP contribution in [0.1, 0.15) is 23.1 Å². The van der Waals surface area contributed by atoms with Gasteiger partial charge >= 0.3 is 24.3 Å². The molecule has 0 unspecified atom stereocenters. The monoisotopic (exact) mass is 359 g/mol. The number of anilines is 1. The van der Waals surface area contributed by atoms with Crippen LogP contribution in [-0.4, -0.2) is 22.2 Å². The number of benzene rings is 1. The van der Waals surface area contributed by atoms with Crippen LogP contribution in [0.3, 0.4) is 0 Å². The lowest BCUT2D eigenvalue weighted by Gasteiger charge is -2.19. The minimum atomic E-state index is -5.19. The van der Waals surface area contributed by atoms with Crippen molar-refractivity contribution in [2.45, 2.75) is 25.2 Å². The molecule has 0 saturated carbocycles. The van der Waals surface area contributed by atoms with Crippen molar-refractivity contribution in [3.63, 3.8) is 0 Å². The molecule has 1 aromatic carbocycles. The second kappa shape index (κ2) is 6.57. The van der Waals surface area contributed by atoms with Gasteiger partial charge in [0.05, 0.1) is 29.2 Å². The number of alkyl halides is 6. The largest absolute Gasteiger partial charge is 0.481 e. The first-order chi connectivity index (χ1) is 10.7. The van der Waals surface area contributed by atoms with E-state index < -0.39 is 65.4 Å². The maximum absolute atomic E-state index is 12.8. The number of aliphatic carboxylic acids is 2. The molecule has 0 bridgehead atoms. The maximum Gasteiger partial charge on any atom is 0.418 e. The highest BCUT2D eigenvalue weighted by Crippen LogP contribution is 2.42. The molecule has 0 spiro atoms. The van der Waals surface area contributed by atoms with Crippen LogP contribution in [0.5, 0.6) is 0 Å². The van der Waals surface area contributed by atoms with Crippen LogP contribution in [0.4, 0.5) is 32.0 Å². The molecule has 0 aliphatic heterocycles. The van der Waals surface area contributed by atoms with Crippen molar-refractivity contribution in [3.8, 4) is 0 Å². The van der Waals surface area contributed by atoms with Crippen LogP contribution in [0.25, 0.3) is 0 Å². The van der Waals surface area contributed by atoms with Gasteiger partial charge in [-0.15, -0.1) is 0 Å². The topological polar surface area (TPSA) is 101 Å². The SMILES string of the molecule is Nc1c(C(F)(F)F)cc(C[C@@H](CC(=O)O)C(=O)O)cc1C(F)(F)F. The van der Waals surface area contributed by atoms with Gasteiger partial charge in [0.2, 0.25) is 0 Å². The Balaban J connectivity index is 3.43. The van der Waals surface area contributed by atoms with E-state index in [1.54, 1.807) is 0 Å². The molecule has 5 nitrogen and oxygen atoms in total. The predicted octanol–water partition coefficient (Wildman–Crippen LogP) is 3.02. The van der Waals surface area contributed by atoms with Gasteiger partial charge in [0.15, 0.2) is 0 Å². The lowest BCUT2D eigenvalue weighted by Crippen LogP contribution is -2.22. The van der Waals surface area contributed by atoms with E-state index in [1.165, 1.54) is 0 Å². The van der Waals surface area contributed by atoms with Gasteiger partial charge in [-0.3, -0.25) is 9.59 Å². The minimum Gasteiger partial charge on any atom is -0.481 e. The third kappa shape index (κ3) is 4.77. The molecule has 11 heteroatoms. The third-order valence-electron chi connectivity index (χ3n) is 3.10. The second-order valence-corrected chi connectivity index (χ2v) is 4.94. The number of carboxylic acid groups (broad SMARTS) is 2. The molecule has 0 heterocycles. The van der Waals surface area contributed by atoms with E-state index in [2.05, 4.69) is 0 Å². The summed E-state index contributed by atoms with van der Waals surface area (Å²) in [6.07, 6.45) is -12.2. The Hall–Kier alpha value is -2.46. The zero-order chi connectivity index (χ0) is 18.9. The molecule has 1 rings (SSSR count). The molecule has 0 aliphatic carbocycles. The molecule has 0 aromatic heterocycles. The average molecular weight is 359 g/mol. The molecular formula is C13H11F6NO4. The van der Waals surface area contributed by atoms with Crippen molar-refractivity contribution in [3.05, 3.63) is 28.8 Å². The Labute approximate surface area is 130 Å². The number of nitrogens with two attached hydrogens (primary N) is 1. The van der Waals surface area contributed by atoms with Crippen LogP contribution in [-0.2, 0) is 28.4 Å². The molecule has 0 aliphatic rings. The minimum absolute atomic E-state index is 0.294. The van der Waals surface area contributed by atoms with Crippen LogP contribution >= 0.6 is 0 Å². The smallest absolute Gasteiger partial charge is 0.418 e. The Morgan fingerprint density at radius 3 is 1.71 bits per heavy atom. The Morgan fingerprint density at radius 2 is 1.42 bits per heavy atom. The van der Waals surface area contributed by atoms with Gasteiger partial charge in [-0.2, -0.15) is 26.3 Å².